The van der Waals surface area contributed by atoms with Crippen molar-refractivity contribution in [2.24, 2.45) is 0 Å². The number of rotatable bonds is 4. The van der Waals surface area contributed by atoms with Gasteiger partial charge in [-0.25, -0.2) is 4.98 Å². The second-order valence-electron chi connectivity index (χ2n) is 3.39. The third kappa shape index (κ3) is 2.22. The minimum Gasteiger partial charge on any atom is -0.310 e. The van der Waals surface area contributed by atoms with Crippen LogP contribution >= 0.6 is 0 Å². The van der Waals surface area contributed by atoms with Crippen LogP contribution in [0.15, 0.2) is 4.79 Å². The summed E-state index contributed by atoms with van der Waals surface area (Å²) >= 11 is 0. The molecule has 3 heteroatoms. The molecule has 0 unspecified atom stereocenters. The number of nitrogens with one attached hydrogen (secondary N) is 1. The van der Waals surface area contributed by atoms with E-state index in [4.69, 9.17) is 0 Å². The average molecular weight is 194 g/mol. The summed E-state index contributed by atoms with van der Waals surface area (Å²) in [5.41, 5.74) is 1.84. The van der Waals surface area contributed by atoms with Crippen LogP contribution in [0.4, 0.5) is 0 Å². The quantitative estimate of drug-likeness (QED) is 0.795. The van der Waals surface area contributed by atoms with E-state index < -0.39 is 0 Å². The van der Waals surface area contributed by atoms with Crippen molar-refractivity contribution in [3.63, 3.8) is 0 Å². The monoisotopic (exact) mass is 194 g/mol. The SMILES string of the molecule is CCCc1nc(CC)c(CC)c(=O)[nH]1. The Bertz CT molecular complexity index is 355. The lowest BCUT2D eigenvalue weighted by Crippen LogP contribution is -2.19. The van der Waals surface area contributed by atoms with E-state index in [0.717, 1.165) is 42.8 Å². The van der Waals surface area contributed by atoms with Crippen LogP contribution in [-0.4, -0.2) is 9.97 Å². The molecule has 0 amide bonds. The molecular weight excluding hydrogens is 176 g/mol. The highest BCUT2D eigenvalue weighted by Gasteiger charge is 2.07. The molecule has 1 N–H and O–H groups in total. The lowest BCUT2D eigenvalue weighted by molar-refractivity contribution is 0.785. The van der Waals surface area contributed by atoms with Crippen molar-refractivity contribution in [2.45, 2.75) is 46.5 Å². The minimum absolute atomic E-state index is 0.0443. The predicted octanol–water partition coefficient (Wildman–Crippen LogP) is 1.85. The van der Waals surface area contributed by atoms with Crippen LogP contribution in [0.5, 0.6) is 0 Å². The highest BCUT2D eigenvalue weighted by molar-refractivity contribution is 5.17. The van der Waals surface area contributed by atoms with Crippen molar-refractivity contribution in [3.05, 3.63) is 27.4 Å². The molecule has 78 valence electrons. The molecule has 0 aliphatic carbocycles. The highest BCUT2D eigenvalue weighted by Crippen LogP contribution is 2.03. The summed E-state index contributed by atoms with van der Waals surface area (Å²) in [7, 11) is 0. The normalized spacial score (nSPS) is 10.5. The van der Waals surface area contributed by atoms with Gasteiger partial charge in [0, 0.05) is 12.0 Å². The third-order valence-corrected chi connectivity index (χ3v) is 2.33. The van der Waals surface area contributed by atoms with Crippen molar-refractivity contribution in [2.75, 3.05) is 0 Å². The van der Waals surface area contributed by atoms with Crippen molar-refractivity contribution < 1.29 is 0 Å². The second kappa shape index (κ2) is 4.94. The van der Waals surface area contributed by atoms with Crippen molar-refractivity contribution in [1.29, 1.82) is 0 Å². The Kier molecular flexibility index (Phi) is 3.86. The maximum atomic E-state index is 11.6. The molecule has 0 aromatic carbocycles. The predicted molar refractivity (Wildman–Crippen MR) is 57.6 cm³/mol. The van der Waals surface area contributed by atoms with Crippen LogP contribution in [0.1, 0.15) is 44.3 Å². The molecule has 0 saturated heterocycles. The van der Waals surface area contributed by atoms with E-state index in [2.05, 4.69) is 16.9 Å². The van der Waals surface area contributed by atoms with E-state index in [1.807, 2.05) is 13.8 Å². The molecule has 0 aliphatic rings. The highest BCUT2D eigenvalue weighted by atomic mass is 16.1. The van der Waals surface area contributed by atoms with Crippen LogP contribution in [0.25, 0.3) is 0 Å². The Morgan fingerprint density at radius 2 is 1.93 bits per heavy atom. The Hall–Kier alpha value is -1.12. The van der Waals surface area contributed by atoms with Gasteiger partial charge in [0.25, 0.3) is 5.56 Å². The molecule has 1 aromatic rings. The summed E-state index contributed by atoms with van der Waals surface area (Å²) in [6, 6.07) is 0. The summed E-state index contributed by atoms with van der Waals surface area (Å²) in [6.45, 7) is 6.11. The Labute approximate surface area is 84.6 Å². The molecule has 0 aliphatic heterocycles. The van der Waals surface area contributed by atoms with Gasteiger partial charge in [-0.3, -0.25) is 4.79 Å². The zero-order valence-electron chi connectivity index (χ0n) is 9.18. The van der Waals surface area contributed by atoms with Crippen LogP contribution in [0.3, 0.4) is 0 Å². The first-order valence-corrected chi connectivity index (χ1v) is 5.33. The van der Waals surface area contributed by atoms with E-state index in [1.54, 1.807) is 0 Å². The molecule has 3 nitrogen and oxygen atoms in total. The molecule has 1 aromatic heterocycles. The second-order valence-corrected chi connectivity index (χ2v) is 3.39. The smallest absolute Gasteiger partial charge is 0.254 e. The van der Waals surface area contributed by atoms with E-state index >= 15 is 0 Å². The van der Waals surface area contributed by atoms with Gasteiger partial charge in [-0.05, 0) is 19.3 Å². The molecule has 0 saturated carbocycles. The van der Waals surface area contributed by atoms with Gasteiger partial charge in [0.1, 0.15) is 5.82 Å². The summed E-state index contributed by atoms with van der Waals surface area (Å²) in [5.74, 6) is 0.826. The largest absolute Gasteiger partial charge is 0.310 e. The van der Waals surface area contributed by atoms with Gasteiger partial charge in [-0.15, -0.1) is 0 Å². The minimum atomic E-state index is 0.0443. The lowest BCUT2D eigenvalue weighted by atomic mass is 10.1. The van der Waals surface area contributed by atoms with E-state index in [-0.39, 0.29) is 5.56 Å². The lowest BCUT2D eigenvalue weighted by Gasteiger charge is -2.06. The fraction of sp³-hybridized carbons (Fsp3) is 0.636. The number of hydrogen-bond acceptors (Lipinski definition) is 2. The Morgan fingerprint density at radius 1 is 1.21 bits per heavy atom. The number of nitrogens with zero attached hydrogens (tertiary/aromatic N) is 1. The molecule has 0 spiro atoms. The average Bonchev–Trinajstić information content (AvgIpc) is 2.17. The molecule has 1 heterocycles. The fourth-order valence-corrected chi connectivity index (χ4v) is 1.61. The van der Waals surface area contributed by atoms with Crippen LogP contribution < -0.4 is 5.56 Å². The first-order chi connectivity index (χ1) is 6.72. The first kappa shape index (κ1) is 11.0. The molecule has 0 radical (unpaired) electrons. The first-order valence-electron chi connectivity index (χ1n) is 5.33. The van der Waals surface area contributed by atoms with Crippen LogP contribution in [0, 0.1) is 0 Å². The van der Waals surface area contributed by atoms with E-state index in [0.29, 0.717) is 0 Å². The number of aromatic amines is 1. The summed E-state index contributed by atoms with van der Waals surface area (Å²) in [6.07, 6.45) is 3.46. The summed E-state index contributed by atoms with van der Waals surface area (Å²) in [5, 5.41) is 0. The number of hydrogen-bond donors (Lipinski definition) is 1. The van der Waals surface area contributed by atoms with Crippen LogP contribution in [0.2, 0.25) is 0 Å². The van der Waals surface area contributed by atoms with E-state index in [9.17, 15) is 4.79 Å². The van der Waals surface area contributed by atoms with Gasteiger partial charge in [-0.2, -0.15) is 0 Å². The molecule has 0 bridgehead atoms. The van der Waals surface area contributed by atoms with Crippen molar-refractivity contribution >= 4 is 0 Å². The van der Waals surface area contributed by atoms with Gasteiger partial charge in [0.2, 0.25) is 0 Å². The summed E-state index contributed by atoms with van der Waals surface area (Å²) in [4.78, 5) is 18.9. The van der Waals surface area contributed by atoms with Gasteiger partial charge in [-0.1, -0.05) is 20.8 Å². The van der Waals surface area contributed by atoms with Crippen molar-refractivity contribution in [3.8, 4) is 0 Å². The maximum absolute atomic E-state index is 11.6. The molecule has 0 fully saturated rings. The zero-order valence-corrected chi connectivity index (χ0v) is 9.18. The molecule has 14 heavy (non-hydrogen) atoms. The Balaban J connectivity index is 3.17. The Morgan fingerprint density at radius 3 is 2.43 bits per heavy atom. The fourth-order valence-electron chi connectivity index (χ4n) is 1.61. The standard InChI is InChI=1S/C11H18N2O/c1-4-7-10-12-9(6-3)8(5-2)11(14)13-10/h4-7H2,1-3H3,(H,12,13,14). The molecule has 1 rings (SSSR count). The van der Waals surface area contributed by atoms with Crippen molar-refractivity contribution in [1.82, 2.24) is 9.97 Å². The number of aromatic nitrogens is 2. The number of H-pyrrole nitrogens is 1. The van der Waals surface area contributed by atoms with Gasteiger partial charge in [0.05, 0.1) is 5.69 Å². The topological polar surface area (TPSA) is 45.8 Å². The van der Waals surface area contributed by atoms with Gasteiger partial charge in [0.15, 0.2) is 0 Å². The molecule has 0 atom stereocenters. The third-order valence-electron chi connectivity index (χ3n) is 2.33. The summed E-state index contributed by atoms with van der Waals surface area (Å²) < 4.78 is 0. The maximum Gasteiger partial charge on any atom is 0.254 e. The van der Waals surface area contributed by atoms with Gasteiger partial charge < -0.3 is 4.98 Å². The zero-order chi connectivity index (χ0) is 10.6. The number of aryl methyl sites for hydroxylation is 2. The van der Waals surface area contributed by atoms with Crippen LogP contribution in [-0.2, 0) is 19.3 Å². The van der Waals surface area contributed by atoms with Gasteiger partial charge >= 0.3 is 0 Å². The van der Waals surface area contributed by atoms with E-state index in [1.165, 1.54) is 0 Å². The molecular formula is C11H18N2O.